The Kier molecular flexibility index (Phi) is 5.84. The topological polar surface area (TPSA) is 105 Å². The number of thiophene rings is 1. The van der Waals surface area contributed by atoms with Gasteiger partial charge < -0.3 is 10.6 Å². The second-order valence-electron chi connectivity index (χ2n) is 8.23. The fraction of sp³-hybridized carbons (Fsp3) is 0.120. The average Bonchev–Trinajstić information content (AvgIpc) is 3.42. The number of nitrogens with one attached hydrogen (secondary N) is 3. The monoisotopic (exact) mass is 506 g/mol. The fourth-order valence-corrected chi connectivity index (χ4v) is 4.79. The molecule has 5 aromatic rings. The first-order valence-electron chi connectivity index (χ1n) is 10.9. The molecule has 5 rings (SSSR count). The molecule has 0 aliphatic carbocycles. The molecule has 0 spiro atoms. The van der Waals surface area contributed by atoms with Gasteiger partial charge in [0, 0.05) is 34.5 Å². The lowest BCUT2D eigenvalue weighted by Crippen LogP contribution is -2.15. The van der Waals surface area contributed by atoms with E-state index in [1.54, 1.807) is 36.9 Å². The Balaban J connectivity index is 1.47. The van der Waals surface area contributed by atoms with Crippen molar-refractivity contribution in [3.05, 3.63) is 86.7 Å². The van der Waals surface area contributed by atoms with E-state index < -0.39 is 23.1 Å². The van der Waals surface area contributed by atoms with E-state index in [0.717, 1.165) is 17.0 Å². The zero-order valence-corrected chi connectivity index (χ0v) is 20.3. The first kappa shape index (κ1) is 23.4. The van der Waals surface area contributed by atoms with Crippen LogP contribution < -0.4 is 16.2 Å². The first-order valence-corrected chi connectivity index (χ1v) is 11.7. The number of aromatic amines is 1. The van der Waals surface area contributed by atoms with Crippen molar-refractivity contribution in [3.8, 4) is 11.3 Å². The third kappa shape index (κ3) is 4.24. The number of carbonyl (C=O) groups is 1. The quantitative estimate of drug-likeness (QED) is 0.301. The molecule has 0 saturated carbocycles. The number of amides is 1. The summed E-state index contributed by atoms with van der Waals surface area (Å²) in [5.74, 6) is -1.14. The predicted molar refractivity (Wildman–Crippen MR) is 136 cm³/mol. The lowest BCUT2D eigenvalue weighted by atomic mass is 10.0. The minimum absolute atomic E-state index is 0.0294. The maximum atomic E-state index is 14.8. The number of halogens is 2. The summed E-state index contributed by atoms with van der Waals surface area (Å²) in [5, 5.41) is 16.7. The van der Waals surface area contributed by atoms with Crippen LogP contribution in [-0.2, 0) is 7.05 Å². The van der Waals surface area contributed by atoms with Crippen LogP contribution in [0.25, 0.3) is 21.3 Å². The number of fused-ring (bicyclic) bond motifs is 1. The maximum absolute atomic E-state index is 14.8. The summed E-state index contributed by atoms with van der Waals surface area (Å²) in [6.45, 7) is 3.52. The summed E-state index contributed by atoms with van der Waals surface area (Å²) >= 11 is 1.12. The Hall–Kier alpha value is -4.38. The molecule has 3 aromatic heterocycles. The summed E-state index contributed by atoms with van der Waals surface area (Å²) in [5.41, 5.74) is 1.91. The molecular formula is C25H20F2N6O2S. The van der Waals surface area contributed by atoms with Crippen LogP contribution in [0.4, 0.5) is 26.0 Å². The molecule has 0 radical (unpaired) electrons. The predicted octanol–water partition coefficient (Wildman–Crippen LogP) is 5.28. The molecule has 8 nitrogen and oxygen atoms in total. The molecule has 36 heavy (non-hydrogen) atoms. The minimum Gasteiger partial charge on any atom is -0.334 e. The van der Waals surface area contributed by atoms with Gasteiger partial charge in [-0.1, -0.05) is 6.07 Å². The molecule has 0 unspecified atom stereocenters. The second kappa shape index (κ2) is 9.00. The molecule has 0 saturated heterocycles. The van der Waals surface area contributed by atoms with Gasteiger partial charge in [0.1, 0.15) is 17.3 Å². The van der Waals surface area contributed by atoms with Gasteiger partial charge in [-0.25, -0.2) is 13.9 Å². The Labute approximate surface area is 207 Å². The van der Waals surface area contributed by atoms with Crippen molar-refractivity contribution in [2.45, 2.75) is 13.8 Å². The summed E-state index contributed by atoms with van der Waals surface area (Å²) in [6.07, 6.45) is 0. The van der Waals surface area contributed by atoms with Crippen molar-refractivity contribution < 1.29 is 13.6 Å². The molecule has 182 valence electrons. The van der Waals surface area contributed by atoms with E-state index in [1.165, 1.54) is 30.3 Å². The number of rotatable bonds is 5. The number of nitrogens with zero attached hydrogens (tertiary/aromatic N) is 3. The van der Waals surface area contributed by atoms with Crippen LogP contribution in [0.15, 0.2) is 53.3 Å². The zero-order chi connectivity index (χ0) is 25.6. The number of H-pyrrole nitrogens is 1. The zero-order valence-electron chi connectivity index (χ0n) is 19.4. The molecule has 0 bridgehead atoms. The van der Waals surface area contributed by atoms with Crippen LogP contribution in [0.1, 0.15) is 20.9 Å². The molecule has 0 aliphatic rings. The van der Waals surface area contributed by atoms with E-state index >= 15 is 0 Å². The molecule has 1 amide bonds. The first-order chi connectivity index (χ1) is 17.2. The van der Waals surface area contributed by atoms with Gasteiger partial charge in [-0.2, -0.15) is 10.2 Å². The summed E-state index contributed by atoms with van der Waals surface area (Å²) in [6, 6.07) is 12.1. The van der Waals surface area contributed by atoms with E-state index in [-0.39, 0.29) is 16.3 Å². The highest BCUT2D eigenvalue weighted by Crippen LogP contribution is 2.32. The smallest absolute Gasteiger partial charge is 0.287 e. The highest BCUT2D eigenvalue weighted by molar-refractivity contribution is 7.20. The molecule has 2 aromatic carbocycles. The van der Waals surface area contributed by atoms with Crippen LogP contribution in [0.2, 0.25) is 0 Å². The molecule has 0 aliphatic heterocycles. The number of aromatic nitrogens is 4. The molecule has 0 fully saturated rings. The van der Waals surface area contributed by atoms with E-state index in [2.05, 4.69) is 25.9 Å². The van der Waals surface area contributed by atoms with Gasteiger partial charge >= 0.3 is 0 Å². The Bertz CT molecular complexity index is 1690. The minimum atomic E-state index is -0.636. The lowest BCUT2D eigenvalue weighted by molar-refractivity contribution is 0.103. The van der Waals surface area contributed by atoms with Crippen LogP contribution in [0.5, 0.6) is 0 Å². The van der Waals surface area contributed by atoms with Crippen LogP contribution in [-0.4, -0.2) is 25.9 Å². The summed E-state index contributed by atoms with van der Waals surface area (Å²) < 4.78 is 31.1. The number of hydrogen-bond acceptors (Lipinski definition) is 6. The second-order valence-corrected chi connectivity index (χ2v) is 9.31. The van der Waals surface area contributed by atoms with E-state index in [4.69, 9.17) is 0 Å². The van der Waals surface area contributed by atoms with Crippen molar-refractivity contribution in [3.63, 3.8) is 0 Å². The van der Waals surface area contributed by atoms with Crippen molar-refractivity contribution in [1.29, 1.82) is 0 Å². The molecule has 11 heteroatoms. The Morgan fingerprint density at radius 1 is 1.08 bits per heavy atom. The number of carbonyl (C=O) groups excluding carboxylic acids is 1. The van der Waals surface area contributed by atoms with Crippen LogP contribution in [0.3, 0.4) is 0 Å². The highest BCUT2D eigenvalue weighted by atomic mass is 32.1. The Morgan fingerprint density at radius 3 is 2.61 bits per heavy atom. The normalized spacial score (nSPS) is 11.1. The maximum Gasteiger partial charge on any atom is 0.287 e. The van der Waals surface area contributed by atoms with Gasteiger partial charge in [0.2, 0.25) is 0 Å². The fourth-order valence-electron chi connectivity index (χ4n) is 3.82. The highest BCUT2D eigenvalue weighted by Gasteiger charge is 2.19. The van der Waals surface area contributed by atoms with Gasteiger partial charge in [0.25, 0.3) is 11.5 Å². The van der Waals surface area contributed by atoms with E-state index in [1.807, 2.05) is 6.92 Å². The van der Waals surface area contributed by atoms with Crippen molar-refractivity contribution in [1.82, 2.24) is 20.0 Å². The van der Waals surface area contributed by atoms with Crippen LogP contribution >= 0.6 is 11.3 Å². The van der Waals surface area contributed by atoms with Crippen molar-refractivity contribution in [2.75, 3.05) is 10.6 Å². The summed E-state index contributed by atoms with van der Waals surface area (Å²) in [4.78, 5) is 25.5. The van der Waals surface area contributed by atoms with E-state index in [9.17, 15) is 18.4 Å². The van der Waals surface area contributed by atoms with Crippen molar-refractivity contribution in [2.24, 2.45) is 7.05 Å². The van der Waals surface area contributed by atoms with Gasteiger partial charge in [-0.05, 0) is 55.8 Å². The third-order valence-electron chi connectivity index (χ3n) is 5.84. The Morgan fingerprint density at radius 2 is 1.89 bits per heavy atom. The van der Waals surface area contributed by atoms with Crippen molar-refractivity contribution >= 4 is 44.5 Å². The van der Waals surface area contributed by atoms with Gasteiger partial charge in [-0.3, -0.25) is 14.3 Å². The SMILES string of the molecule is Cc1c(-c2cc(Nc3cc(C)n(C)n3)c(=O)[nH]n2)ccc(F)c1NC(=O)c1cc2c(F)cccc2s1. The number of aryl methyl sites for hydroxylation is 2. The van der Waals surface area contributed by atoms with Gasteiger partial charge in [-0.15, -0.1) is 11.3 Å². The van der Waals surface area contributed by atoms with Gasteiger partial charge in [0.05, 0.1) is 16.3 Å². The number of hydrogen-bond donors (Lipinski definition) is 3. The molecular weight excluding hydrogens is 486 g/mol. The van der Waals surface area contributed by atoms with Crippen LogP contribution in [0, 0.1) is 25.5 Å². The average molecular weight is 507 g/mol. The van der Waals surface area contributed by atoms with E-state index in [0.29, 0.717) is 32.7 Å². The van der Waals surface area contributed by atoms with Gasteiger partial charge in [0.15, 0.2) is 5.82 Å². The standard InChI is InChI=1S/C25H20F2N6O2S/c1-12-9-22(32-33(12)3)28-19-11-18(30-31-24(19)34)14-7-8-17(27)23(13(14)2)29-25(35)21-10-15-16(26)5-4-6-20(15)36-21/h4-11H,1-3H3,(H,29,35)(H,31,34)(H,28,30,32). The summed E-state index contributed by atoms with van der Waals surface area (Å²) in [7, 11) is 1.79. The molecule has 3 heterocycles. The number of anilines is 3. The third-order valence-corrected chi connectivity index (χ3v) is 6.94. The largest absolute Gasteiger partial charge is 0.334 e. The number of benzene rings is 2. The lowest BCUT2D eigenvalue weighted by Gasteiger charge is -2.13. The molecule has 3 N–H and O–H groups in total. The molecule has 0 atom stereocenters.